The summed E-state index contributed by atoms with van der Waals surface area (Å²) < 4.78 is 16.3. The molecule has 0 saturated carbocycles. The van der Waals surface area contributed by atoms with Crippen LogP contribution in [0, 0.1) is 5.82 Å². The number of nitrogens with zero attached hydrogens (tertiary/aromatic N) is 1. The highest BCUT2D eigenvalue weighted by Crippen LogP contribution is 2.24. The number of carbonyl (C=O) groups is 1. The van der Waals surface area contributed by atoms with Gasteiger partial charge in [0, 0.05) is 18.5 Å². The van der Waals surface area contributed by atoms with E-state index >= 15 is 0 Å². The molecule has 0 unspecified atom stereocenters. The number of benzene rings is 1. The van der Waals surface area contributed by atoms with Crippen LogP contribution in [0.1, 0.15) is 26.2 Å². The zero-order valence-corrected chi connectivity index (χ0v) is 12.1. The molecule has 0 bridgehead atoms. The van der Waals surface area contributed by atoms with Crippen molar-refractivity contribution in [2.24, 2.45) is 5.73 Å². The lowest BCUT2D eigenvalue weighted by atomic mass is 10.2. The van der Waals surface area contributed by atoms with Crippen LogP contribution in [0.25, 0.3) is 0 Å². The van der Waals surface area contributed by atoms with Gasteiger partial charge in [-0.15, -0.1) is 0 Å². The summed E-state index contributed by atoms with van der Waals surface area (Å²) in [6, 6.07) is 4.22. The number of amides is 2. The smallest absolute Gasteiger partial charge is 0.322 e. The normalized spacial score (nSPS) is 10.3. The van der Waals surface area contributed by atoms with Crippen LogP contribution in [-0.4, -0.2) is 19.6 Å². The van der Waals surface area contributed by atoms with Crippen molar-refractivity contribution in [2.75, 3.05) is 18.5 Å². The third kappa shape index (κ3) is 5.38. The van der Waals surface area contributed by atoms with Crippen molar-refractivity contribution in [3.63, 3.8) is 0 Å². The second-order valence-corrected chi connectivity index (χ2v) is 5.19. The maximum Gasteiger partial charge on any atom is 0.322 e. The number of hydrogen-bond donors (Lipinski definition) is 2. The second kappa shape index (κ2) is 7.89. The zero-order valence-electron chi connectivity index (χ0n) is 11.3. The summed E-state index contributed by atoms with van der Waals surface area (Å²) in [5, 5.41) is 0. The lowest BCUT2D eigenvalue weighted by Gasteiger charge is -2.20. The number of urea groups is 1. The van der Waals surface area contributed by atoms with E-state index in [1.165, 1.54) is 6.07 Å². The molecule has 0 heterocycles. The van der Waals surface area contributed by atoms with Gasteiger partial charge in [-0.2, -0.15) is 0 Å². The molecule has 0 radical (unpaired) electrons. The number of unbranched alkanes of at least 4 members (excludes halogenated alkanes) is 2. The number of halogens is 1. The van der Waals surface area contributed by atoms with Crippen LogP contribution in [0.5, 0.6) is 0 Å². The van der Waals surface area contributed by atoms with Crippen molar-refractivity contribution in [3.05, 3.63) is 24.0 Å². The van der Waals surface area contributed by atoms with Gasteiger partial charge in [0.25, 0.3) is 0 Å². The van der Waals surface area contributed by atoms with Gasteiger partial charge < -0.3 is 10.6 Å². The second-order valence-electron chi connectivity index (χ2n) is 4.31. The summed E-state index contributed by atoms with van der Waals surface area (Å²) in [7, 11) is 1.88. The monoisotopic (exact) mass is 285 g/mol. The SMILES string of the molecule is CCCCCN(C)c1ccc(SNC(N)=O)cc1F. The van der Waals surface area contributed by atoms with Gasteiger partial charge in [0.15, 0.2) is 0 Å². The van der Waals surface area contributed by atoms with E-state index in [4.69, 9.17) is 5.73 Å². The summed E-state index contributed by atoms with van der Waals surface area (Å²) in [6.07, 6.45) is 3.33. The minimum absolute atomic E-state index is 0.296. The third-order valence-electron chi connectivity index (χ3n) is 2.70. The van der Waals surface area contributed by atoms with Gasteiger partial charge in [0.2, 0.25) is 0 Å². The Bertz CT molecular complexity index is 428. The van der Waals surface area contributed by atoms with Crippen molar-refractivity contribution in [1.29, 1.82) is 0 Å². The summed E-state index contributed by atoms with van der Waals surface area (Å²) in [5.41, 5.74) is 5.52. The van der Waals surface area contributed by atoms with Gasteiger partial charge in [-0.25, -0.2) is 9.18 Å². The zero-order chi connectivity index (χ0) is 14.3. The largest absolute Gasteiger partial charge is 0.372 e. The van der Waals surface area contributed by atoms with Gasteiger partial charge in [-0.3, -0.25) is 4.72 Å². The number of carbonyl (C=O) groups excluding carboxylic acids is 1. The van der Waals surface area contributed by atoms with Crippen molar-refractivity contribution in [2.45, 2.75) is 31.1 Å². The molecule has 0 aliphatic carbocycles. The number of nitrogens with two attached hydrogens (primary N) is 1. The van der Waals surface area contributed by atoms with Crippen LogP contribution in [0.2, 0.25) is 0 Å². The fourth-order valence-electron chi connectivity index (χ4n) is 1.69. The van der Waals surface area contributed by atoms with Crippen LogP contribution in [0.15, 0.2) is 23.1 Å². The Hall–Kier alpha value is -1.43. The molecule has 6 heteroatoms. The maximum absolute atomic E-state index is 13.9. The average Bonchev–Trinajstić information content (AvgIpc) is 2.36. The Kier molecular flexibility index (Phi) is 6.49. The molecule has 0 aromatic heterocycles. The number of rotatable bonds is 7. The van der Waals surface area contributed by atoms with Crippen LogP contribution in [-0.2, 0) is 0 Å². The summed E-state index contributed by atoms with van der Waals surface area (Å²) in [6.45, 7) is 2.97. The summed E-state index contributed by atoms with van der Waals surface area (Å²) in [5.74, 6) is -0.296. The molecule has 1 aromatic carbocycles. The number of primary amides is 1. The van der Waals surface area contributed by atoms with E-state index in [1.807, 2.05) is 11.9 Å². The lowest BCUT2D eigenvalue weighted by molar-refractivity contribution is 0.254. The lowest BCUT2D eigenvalue weighted by Crippen LogP contribution is -2.23. The first kappa shape index (κ1) is 15.6. The van der Waals surface area contributed by atoms with E-state index in [0.29, 0.717) is 10.6 Å². The highest BCUT2D eigenvalue weighted by molar-refractivity contribution is 7.98. The molecule has 0 saturated heterocycles. The molecule has 3 N–H and O–H groups in total. The van der Waals surface area contributed by atoms with Crippen LogP contribution >= 0.6 is 11.9 Å². The third-order valence-corrected chi connectivity index (χ3v) is 3.49. The summed E-state index contributed by atoms with van der Waals surface area (Å²) >= 11 is 1.00. The molecule has 1 aromatic rings. The molecule has 0 spiro atoms. The molecule has 1 rings (SSSR count). The summed E-state index contributed by atoms with van der Waals surface area (Å²) in [4.78, 5) is 13.1. The Balaban J connectivity index is 2.62. The maximum atomic E-state index is 13.9. The van der Waals surface area contributed by atoms with E-state index in [9.17, 15) is 9.18 Å². The number of nitrogens with one attached hydrogen (secondary N) is 1. The van der Waals surface area contributed by atoms with E-state index in [1.54, 1.807) is 12.1 Å². The van der Waals surface area contributed by atoms with Gasteiger partial charge in [-0.05, 0) is 36.6 Å². The minimum Gasteiger partial charge on any atom is -0.372 e. The topological polar surface area (TPSA) is 58.4 Å². The van der Waals surface area contributed by atoms with E-state index in [0.717, 1.165) is 37.8 Å². The van der Waals surface area contributed by atoms with Crippen molar-refractivity contribution in [3.8, 4) is 0 Å². The fraction of sp³-hybridized carbons (Fsp3) is 0.462. The predicted molar refractivity (Wildman–Crippen MR) is 77.8 cm³/mol. The molecule has 2 amide bonds. The molecule has 0 aliphatic rings. The Morgan fingerprint density at radius 2 is 2.21 bits per heavy atom. The molecular weight excluding hydrogens is 265 g/mol. The van der Waals surface area contributed by atoms with Crippen LogP contribution in [0.3, 0.4) is 0 Å². The molecule has 0 atom stereocenters. The molecule has 4 nitrogen and oxygen atoms in total. The van der Waals surface area contributed by atoms with Crippen LogP contribution < -0.4 is 15.4 Å². The average molecular weight is 285 g/mol. The first-order valence-corrected chi connectivity index (χ1v) is 7.09. The van der Waals surface area contributed by atoms with Gasteiger partial charge in [0.05, 0.1) is 5.69 Å². The van der Waals surface area contributed by atoms with E-state index in [-0.39, 0.29) is 5.82 Å². The van der Waals surface area contributed by atoms with Crippen molar-refractivity contribution >= 4 is 23.7 Å². The van der Waals surface area contributed by atoms with Gasteiger partial charge >= 0.3 is 6.03 Å². The number of anilines is 1. The van der Waals surface area contributed by atoms with E-state index < -0.39 is 6.03 Å². The Morgan fingerprint density at radius 3 is 2.79 bits per heavy atom. The first-order valence-electron chi connectivity index (χ1n) is 6.27. The quantitative estimate of drug-likeness (QED) is 0.598. The molecular formula is C13H20FN3OS. The molecule has 106 valence electrons. The molecule has 0 aliphatic heterocycles. The van der Waals surface area contributed by atoms with E-state index in [2.05, 4.69) is 11.6 Å². The van der Waals surface area contributed by atoms with Crippen molar-refractivity contribution < 1.29 is 9.18 Å². The Morgan fingerprint density at radius 1 is 1.47 bits per heavy atom. The molecule has 0 fully saturated rings. The number of hydrogen-bond acceptors (Lipinski definition) is 3. The highest BCUT2D eigenvalue weighted by atomic mass is 32.2. The highest BCUT2D eigenvalue weighted by Gasteiger charge is 2.08. The molecule has 19 heavy (non-hydrogen) atoms. The van der Waals surface area contributed by atoms with Crippen molar-refractivity contribution in [1.82, 2.24) is 4.72 Å². The Labute approximate surface area is 117 Å². The van der Waals surface area contributed by atoms with Gasteiger partial charge in [0.1, 0.15) is 5.82 Å². The van der Waals surface area contributed by atoms with Gasteiger partial charge in [-0.1, -0.05) is 19.8 Å². The fourth-order valence-corrected chi connectivity index (χ4v) is 2.21. The first-order chi connectivity index (χ1) is 9.04. The predicted octanol–water partition coefficient (Wildman–Crippen LogP) is 3.13. The minimum atomic E-state index is -0.647. The van der Waals surface area contributed by atoms with Crippen LogP contribution in [0.4, 0.5) is 14.9 Å². The standard InChI is InChI=1S/C13H20FN3OS/c1-3-4-5-8-17(2)12-7-6-10(9-11(12)14)19-16-13(15)18/h6-7,9H,3-5,8H2,1-2H3,(H3,15,16,18).